The van der Waals surface area contributed by atoms with Crippen LogP contribution < -0.4 is 5.73 Å². The maximum Gasteiger partial charge on any atom is 0.256 e. The number of thioether (sulfide) groups is 1. The van der Waals surface area contributed by atoms with Gasteiger partial charge in [0.25, 0.3) is 5.22 Å². The number of hydrogen-bond donors (Lipinski definition) is 2. The summed E-state index contributed by atoms with van der Waals surface area (Å²) >= 11 is 1.42. The van der Waals surface area contributed by atoms with E-state index in [9.17, 15) is 0 Å². The summed E-state index contributed by atoms with van der Waals surface area (Å²) in [5, 5.41) is 9.36. The van der Waals surface area contributed by atoms with Gasteiger partial charge in [-0.25, -0.2) is 4.98 Å². The number of oxazole rings is 1. The molecule has 2 aromatic rings. The molecule has 0 bridgehead atoms. The third kappa shape index (κ3) is 2.50. The van der Waals surface area contributed by atoms with Gasteiger partial charge >= 0.3 is 0 Å². The molecule has 0 spiro atoms. The zero-order valence-corrected chi connectivity index (χ0v) is 8.91. The van der Waals surface area contributed by atoms with Crippen LogP contribution in [0.1, 0.15) is 0 Å². The Morgan fingerprint density at radius 3 is 3.00 bits per heavy atom. The van der Waals surface area contributed by atoms with Crippen molar-refractivity contribution >= 4 is 22.9 Å². The summed E-state index contributed by atoms with van der Waals surface area (Å²) in [5.74, 6) is 0.601. The molecule has 1 unspecified atom stereocenters. The minimum Gasteiger partial charge on any atom is -0.431 e. The van der Waals surface area contributed by atoms with Gasteiger partial charge in [0.1, 0.15) is 5.52 Å². The molecule has 4 nitrogen and oxygen atoms in total. The first-order valence-corrected chi connectivity index (χ1v) is 5.63. The highest BCUT2D eigenvalue weighted by Gasteiger charge is 2.07. The van der Waals surface area contributed by atoms with E-state index < -0.39 is 0 Å². The highest BCUT2D eigenvalue weighted by molar-refractivity contribution is 7.99. The zero-order chi connectivity index (χ0) is 10.7. The number of aliphatic hydroxyl groups is 1. The molecule has 1 heterocycles. The summed E-state index contributed by atoms with van der Waals surface area (Å²) in [6, 6.07) is 7.36. The number of aromatic nitrogens is 1. The molecule has 1 aromatic heterocycles. The standard InChI is InChI=1S/C10H12N2O2S/c11-7(5-13)6-15-10-12-8-3-1-2-4-9(8)14-10/h1-4,7,13H,5-6,11H2. The van der Waals surface area contributed by atoms with E-state index in [-0.39, 0.29) is 12.6 Å². The average molecular weight is 224 g/mol. The van der Waals surface area contributed by atoms with Crippen molar-refractivity contribution in [3.05, 3.63) is 24.3 Å². The average Bonchev–Trinajstić information content (AvgIpc) is 2.68. The number of aliphatic hydroxyl groups excluding tert-OH is 1. The van der Waals surface area contributed by atoms with Crippen molar-refractivity contribution in [3.63, 3.8) is 0 Å². The number of para-hydroxylation sites is 2. The first kappa shape index (κ1) is 10.5. The molecule has 1 atom stereocenters. The smallest absolute Gasteiger partial charge is 0.256 e. The highest BCUT2D eigenvalue weighted by Crippen LogP contribution is 2.23. The Kier molecular flexibility index (Phi) is 3.25. The van der Waals surface area contributed by atoms with E-state index in [2.05, 4.69) is 4.98 Å². The SMILES string of the molecule is NC(CO)CSc1nc2ccccc2o1. The van der Waals surface area contributed by atoms with Crippen LogP contribution in [-0.2, 0) is 0 Å². The predicted octanol–water partition coefficient (Wildman–Crippen LogP) is 1.24. The second-order valence-electron chi connectivity index (χ2n) is 3.20. The maximum absolute atomic E-state index is 8.76. The molecule has 15 heavy (non-hydrogen) atoms. The largest absolute Gasteiger partial charge is 0.431 e. The van der Waals surface area contributed by atoms with Gasteiger partial charge in [0.05, 0.1) is 6.61 Å². The molecule has 0 aliphatic heterocycles. The summed E-state index contributed by atoms with van der Waals surface area (Å²) < 4.78 is 5.48. The van der Waals surface area contributed by atoms with Crippen LogP contribution in [0.4, 0.5) is 0 Å². The van der Waals surface area contributed by atoms with Crippen LogP contribution in [0.15, 0.2) is 33.9 Å². The van der Waals surface area contributed by atoms with Crippen LogP contribution in [-0.4, -0.2) is 28.5 Å². The van der Waals surface area contributed by atoms with Crippen molar-refractivity contribution in [1.29, 1.82) is 0 Å². The molecule has 0 fully saturated rings. The molecule has 0 saturated carbocycles. The van der Waals surface area contributed by atoms with Gasteiger partial charge in [-0.2, -0.15) is 0 Å². The van der Waals surface area contributed by atoms with Crippen molar-refractivity contribution < 1.29 is 9.52 Å². The Labute approximate surface area is 91.5 Å². The topological polar surface area (TPSA) is 72.3 Å². The number of nitrogens with two attached hydrogens (primary N) is 1. The lowest BCUT2D eigenvalue weighted by Gasteiger charge is -2.03. The predicted molar refractivity (Wildman–Crippen MR) is 59.8 cm³/mol. The number of rotatable bonds is 4. The molecular weight excluding hydrogens is 212 g/mol. The number of fused-ring (bicyclic) bond motifs is 1. The van der Waals surface area contributed by atoms with E-state index in [1.54, 1.807) is 0 Å². The quantitative estimate of drug-likeness (QED) is 0.764. The van der Waals surface area contributed by atoms with Gasteiger partial charge in [0.15, 0.2) is 5.58 Å². The summed E-state index contributed by atoms with van der Waals surface area (Å²) in [6.45, 7) is -0.0206. The lowest BCUT2D eigenvalue weighted by Crippen LogP contribution is -2.26. The molecule has 0 aliphatic rings. The monoisotopic (exact) mass is 224 g/mol. The van der Waals surface area contributed by atoms with Crippen LogP contribution >= 0.6 is 11.8 Å². The molecule has 5 heteroatoms. The number of nitrogens with zero attached hydrogens (tertiary/aromatic N) is 1. The minimum atomic E-state index is -0.231. The molecule has 80 valence electrons. The van der Waals surface area contributed by atoms with Gasteiger partial charge in [-0.1, -0.05) is 23.9 Å². The molecule has 0 amide bonds. The van der Waals surface area contributed by atoms with Crippen molar-refractivity contribution in [2.75, 3.05) is 12.4 Å². The van der Waals surface area contributed by atoms with Crippen LogP contribution in [0.2, 0.25) is 0 Å². The third-order valence-corrected chi connectivity index (χ3v) is 2.95. The zero-order valence-electron chi connectivity index (χ0n) is 8.09. The normalized spacial score (nSPS) is 13.2. The van der Waals surface area contributed by atoms with Crippen molar-refractivity contribution in [2.45, 2.75) is 11.3 Å². The van der Waals surface area contributed by atoms with E-state index in [1.165, 1.54) is 11.8 Å². The molecule has 0 radical (unpaired) electrons. The Hall–Kier alpha value is -1.04. The lowest BCUT2D eigenvalue weighted by molar-refractivity contribution is 0.275. The highest BCUT2D eigenvalue weighted by atomic mass is 32.2. The van der Waals surface area contributed by atoms with Gasteiger partial charge < -0.3 is 15.3 Å². The second kappa shape index (κ2) is 4.65. The Bertz CT molecular complexity index is 411. The number of hydrogen-bond acceptors (Lipinski definition) is 5. The van der Waals surface area contributed by atoms with Gasteiger partial charge in [-0.05, 0) is 12.1 Å². The molecule has 0 aliphatic carbocycles. The fourth-order valence-electron chi connectivity index (χ4n) is 1.14. The number of benzene rings is 1. The van der Waals surface area contributed by atoms with Gasteiger partial charge in [0, 0.05) is 11.8 Å². The first-order chi connectivity index (χ1) is 7.29. The summed E-state index contributed by atoms with van der Waals surface area (Å²) in [4.78, 5) is 4.28. The maximum atomic E-state index is 8.76. The van der Waals surface area contributed by atoms with Crippen molar-refractivity contribution in [2.24, 2.45) is 5.73 Å². The van der Waals surface area contributed by atoms with E-state index >= 15 is 0 Å². The summed E-state index contributed by atoms with van der Waals surface area (Å²) in [5.41, 5.74) is 7.20. The van der Waals surface area contributed by atoms with Gasteiger partial charge in [0.2, 0.25) is 0 Å². The van der Waals surface area contributed by atoms with E-state index in [0.29, 0.717) is 11.0 Å². The van der Waals surface area contributed by atoms with E-state index in [1.807, 2.05) is 24.3 Å². The molecule has 3 N–H and O–H groups in total. The van der Waals surface area contributed by atoms with Crippen LogP contribution in [0.3, 0.4) is 0 Å². The first-order valence-electron chi connectivity index (χ1n) is 4.64. The molecule has 0 saturated heterocycles. The lowest BCUT2D eigenvalue weighted by atomic mass is 10.3. The van der Waals surface area contributed by atoms with Crippen LogP contribution in [0.25, 0.3) is 11.1 Å². The van der Waals surface area contributed by atoms with Crippen LogP contribution in [0, 0.1) is 0 Å². The van der Waals surface area contributed by atoms with Crippen LogP contribution in [0.5, 0.6) is 0 Å². The van der Waals surface area contributed by atoms with Gasteiger partial charge in [-0.3, -0.25) is 0 Å². The fourth-order valence-corrected chi connectivity index (χ4v) is 1.92. The van der Waals surface area contributed by atoms with Crippen molar-refractivity contribution in [1.82, 2.24) is 4.98 Å². The summed E-state index contributed by atoms with van der Waals surface area (Å²) in [7, 11) is 0. The Morgan fingerprint density at radius 2 is 2.27 bits per heavy atom. The van der Waals surface area contributed by atoms with E-state index in [0.717, 1.165) is 11.1 Å². The summed E-state index contributed by atoms with van der Waals surface area (Å²) in [6.07, 6.45) is 0. The Balaban J connectivity index is 2.09. The third-order valence-electron chi connectivity index (χ3n) is 1.93. The minimum absolute atomic E-state index is 0.0206. The molecule has 1 aromatic carbocycles. The second-order valence-corrected chi connectivity index (χ2v) is 4.17. The van der Waals surface area contributed by atoms with E-state index in [4.69, 9.17) is 15.3 Å². The molecule has 2 rings (SSSR count). The van der Waals surface area contributed by atoms with Gasteiger partial charge in [-0.15, -0.1) is 0 Å². The Morgan fingerprint density at radius 1 is 1.47 bits per heavy atom. The van der Waals surface area contributed by atoms with Crippen molar-refractivity contribution in [3.8, 4) is 0 Å². The molecular formula is C10H12N2O2S. The fraction of sp³-hybridized carbons (Fsp3) is 0.300.